The first-order valence-electron chi connectivity index (χ1n) is 6.66. The summed E-state index contributed by atoms with van der Waals surface area (Å²) in [4.78, 5) is 11.8. The van der Waals surface area contributed by atoms with Crippen molar-refractivity contribution in [2.45, 2.75) is 51.6 Å². The van der Waals surface area contributed by atoms with E-state index in [4.69, 9.17) is 4.74 Å². The number of hydrogen-bond donors (Lipinski definition) is 1. The van der Waals surface area contributed by atoms with Gasteiger partial charge in [-0.05, 0) is 32.1 Å². The van der Waals surface area contributed by atoms with E-state index in [2.05, 4.69) is 6.58 Å². The van der Waals surface area contributed by atoms with Gasteiger partial charge in [-0.1, -0.05) is 25.3 Å². The molecule has 2 atom stereocenters. The lowest BCUT2D eigenvalue weighted by Gasteiger charge is -2.30. The van der Waals surface area contributed by atoms with Crippen molar-refractivity contribution in [1.29, 1.82) is 0 Å². The van der Waals surface area contributed by atoms with E-state index in [1.165, 1.54) is 6.42 Å². The number of aliphatic hydroxyl groups is 1. The highest BCUT2D eigenvalue weighted by atomic mass is 16.5. The molecule has 0 aromatic heterocycles. The van der Waals surface area contributed by atoms with E-state index in [0.717, 1.165) is 25.7 Å². The maximum absolute atomic E-state index is 11.8. The minimum absolute atomic E-state index is 0.248. The van der Waals surface area contributed by atoms with E-state index in [9.17, 15) is 9.90 Å². The number of carbonyl (C=O) groups is 1. The van der Waals surface area contributed by atoms with E-state index < -0.39 is 12.0 Å². The van der Waals surface area contributed by atoms with Crippen molar-refractivity contribution < 1.29 is 14.6 Å². The smallest absolute Gasteiger partial charge is 0.311 e. The van der Waals surface area contributed by atoms with E-state index in [-0.39, 0.29) is 11.9 Å². The van der Waals surface area contributed by atoms with Crippen molar-refractivity contribution in [3.63, 3.8) is 0 Å². The third-order valence-corrected chi connectivity index (χ3v) is 3.56. The van der Waals surface area contributed by atoms with Crippen LogP contribution in [0.4, 0.5) is 0 Å². The Kier molecular flexibility index (Phi) is 6.27. The molecule has 1 N–H and O–H groups in total. The summed E-state index contributed by atoms with van der Waals surface area (Å²) in [5.74, 6) is -0.473. The molecule has 0 saturated heterocycles. The topological polar surface area (TPSA) is 46.5 Å². The molecule has 98 valence electrons. The lowest BCUT2D eigenvalue weighted by atomic mass is 9.79. The second-order valence-electron chi connectivity index (χ2n) is 4.77. The summed E-state index contributed by atoms with van der Waals surface area (Å²) in [7, 11) is 0. The van der Waals surface area contributed by atoms with Crippen LogP contribution in [0.15, 0.2) is 12.7 Å². The Labute approximate surface area is 104 Å². The standard InChI is InChI=1S/C14H24O3/c1-3-8-12(14(16)17-4-2)13(15)11-9-6-5-7-10-11/h3,11-13,15H,1,4-10H2,2H3/t12-,13+/m1/s1. The molecule has 1 fully saturated rings. The summed E-state index contributed by atoms with van der Waals surface area (Å²) < 4.78 is 5.02. The molecule has 0 heterocycles. The Hall–Kier alpha value is -0.830. The molecule has 1 rings (SSSR count). The van der Waals surface area contributed by atoms with E-state index in [1.807, 2.05) is 0 Å². The van der Waals surface area contributed by atoms with Gasteiger partial charge in [0.1, 0.15) is 0 Å². The van der Waals surface area contributed by atoms with Gasteiger partial charge in [-0.15, -0.1) is 6.58 Å². The van der Waals surface area contributed by atoms with Gasteiger partial charge >= 0.3 is 5.97 Å². The summed E-state index contributed by atoms with van der Waals surface area (Å²) in [5.41, 5.74) is 0. The van der Waals surface area contributed by atoms with E-state index in [0.29, 0.717) is 13.0 Å². The zero-order valence-electron chi connectivity index (χ0n) is 10.7. The predicted octanol–water partition coefficient (Wildman–Crippen LogP) is 2.68. The molecule has 0 spiro atoms. The average Bonchev–Trinajstić information content (AvgIpc) is 2.36. The molecule has 1 aliphatic carbocycles. The maximum atomic E-state index is 11.8. The van der Waals surface area contributed by atoms with Gasteiger partial charge in [0.05, 0.1) is 18.6 Å². The van der Waals surface area contributed by atoms with Crippen molar-refractivity contribution in [1.82, 2.24) is 0 Å². The van der Waals surface area contributed by atoms with Crippen LogP contribution in [0.2, 0.25) is 0 Å². The van der Waals surface area contributed by atoms with Gasteiger partial charge in [-0.3, -0.25) is 4.79 Å². The van der Waals surface area contributed by atoms with Crippen LogP contribution in [0.3, 0.4) is 0 Å². The molecule has 1 saturated carbocycles. The lowest BCUT2D eigenvalue weighted by molar-refractivity contribution is -0.153. The third kappa shape index (κ3) is 4.15. The number of ether oxygens (including phenoxy) is 1. The van der Waals surface area contributed by atoms with E-state index in [1.54, 1.807) is 13.0 Å². The van der Waals surface area contributed by atoms with E-state index >= 15 is 0 Å². The number of esters is 1. The summed E-state index contributed by atoms with van der Waals surface area (Å²) in [6, 6.07) is 0. The fourth-order valence-electron chi connectivity index (χ4n) is 2.61. The zero-order chi connectivity index (χ0) is 12.7. The van der Waals surface area contributed by atoms with Crippen LogP contribution in [-0.2, 0) is 9.53 Å². The van der Waals surface area contributed by atoms with Gasteiger partial charge in [0.25, 0.3) is 0 Å². The molecule has 17 heavy (non-hydrogen) atoms. The van der Waals surface area contributed by atoms with Crippen LogP contribution in [0.5, 0.6) is 0 Å². The monoisotopic (exact) mass is 240 g/mol. The Morgan fingerprint density at radius 1 is 1.47 bits per heavy atom. The first-order chi connectivity index (χ1) is 8.20. The third-order valence-electron chi connectivity index (χ3n) is 3.56. The quantitative estimate of drug-likeness (QED) is 0.573. The minimum Gasteiger partial charge on any atom is -0.466 e. The molecule has 0 aliphatic heterocycles. The molecule has 0 radical (unpaired) electrons. The SMILES string of the molecule is C=CC[C@@H](C(=O)OCC)[C@@H](O)C1CCCCC1. The first-order valence-corrected chi connectivity index (χ1v) is 6.66. The van der Waals surface area contributed by atoms with Gasteiger partial charge in [0.15, 0.2) is 0 Å². The molecular weight excluding hydrogens is 216 g/mol. The van der Waals surface area contributed by atoms with Crippen LogP contribution in [0, 0.1) is 11.8 Å². The average molecular weight is 240 g/mol. The van der Waals surface area contributed by atoms with Crippen LogP contribution < -0.4 is 0 Å². The fraction of sp³-hybridized carbons (Fsp3) is 0.786. The molecule has 3 nitrogen and oxygen atoms in total. The Balaban J connectivity index is 2.60. The maximum Gasteiger partial charge on any atom is 0.311 e. The lowest BCUT2D eigenvalue weighted by Crippen LogP contribution is -2.36. The fourth-order valence-corrected chi connectivity index (χ4v) is 2.61. The van der Waals surface area contributed by atoms with Gasteiger partial charge in [0.2, 0.25) is 0 Å². The summed E-state index contributed by atoms with van der Waals surface area (Å²) in [5, 5.41) is 10.3. The molecule has 0 aromatic carbocycles. The van der Waals surface area contributed by atoms with Crippen LogP contribution in [0.25, 0.3) is 0 Å². The highest BCUT2D eigenvalue weighted by Gasteiger charge is 2.33. The van der Waals surface area contributed by atoms with Crippen LogP contribution in [-0.4, -0.2) is 23.8 Å². The van der Waals surface area contributed by atoms with Gasteiger partial charge in [0, 0.05) is 0 Å². The van der Waals surface area contributed by atoms with Crippen LogP contribution >= 0.6 is 0 Å². The Bertz CT molecular complexity index is 244. The van der Waals surface area contributed by atoms with Gasteiger partial charge in [-0.25, -0.2) is 0 Å². The largest absolute Gasteiger partial charge is 0.466 e. The van der Waals surface area contributed by atoms with Crippen molar-refractivity contribution in [2.75, 3.05) is 6.61 Å². The summed E-state index contributed by atoms with van der Waals surface area (Å²) in [6.45, 7) is 5.80. The summed E-state index contributed by atoms with van der Waals surface area (Å²) in [6.07, 6.45) is 7.21. The predicted molar refractivity (Wildman–Crippen MR) is 67.5 cm³/mol. The van der Waals surface area contributed by atoms with Crippen molar-refractivity contribution in [3.8, 4) is 0 Å². The molecule has 3 heteroatoms. The first kappa shape index (κ1) is 14.2. The Morgan fingerprint density at radius 3 is 2.65 bits per heavy atom. The molecule has 0 bridgehead atoms. The molecule has 0 unspecified atom stereocenters. The number of hydrogen-bond acceptors (Lipinski definition) is 3. The van der Waals surface area contributed by atoms with Crippen molar-refractivity contribution >= 4 is 5.97 Å². The second kappa shape index (κ2) is 7.49. The van der Waals surface area contributed by atoms with Crippen molar-refractivity contribution in [2.24, 2.45) is 11.8 Å². The van der Waals surface area contributed by atoms with Gasteiger partial charge < -0.3 is 9.84 Å². The Morgan fingerprint density at radius 2 is 2.12 bits per heavy atom. The minimum atomic E-state index is -0.577. The number of carbonyl (C=O) groups excluding carboxylic acids is 1. The highest BCUT2D eigenvalue weighted by molar-refractivity contribution is 5.73. The number of aliphatic hydroxyl groups excluding tert-OH is 1. The zero-order valence-corrected chi connectivity index (χ0v) is 10.7. The van der Waals surface area contributed by atoms with Gasteiger partial charge in [-0.2, -0.15) is 0 Å². The van der Waals surface area contributed by atoms with Crippen LogP contribution in [0.1, 0.15) is 45.4 Å². The molecule has 1 aliphatic rings. The number of rotatable bonds is 6. The summed E-state index contributed by atoms with van der Waals surface area (Å²) >= 11 is 0. The van der Waals surface area contributed by atoms with Crippen molar-refractivity contribution in [3.05, 3.63) is 12.7 Å². The molecular formula is C14H24O3. The molecule has 0 amide bonds. The second-order valence-corrected chi connectivity index (χ2v) is 4.77. The normalized spacial score (nSPS) is 20.6. The molecule has 0 aromatic rings. The highest BCUT2D eigenvalue weighted by Crippen LogP contribution is 2.31. The number of allylic oxidation sites excluding steroid dienone is 1.